The van der Waals surface area contributed by atoms with Crippen LogP contribution < -0.4 is 0 Å². The van der Waals surface area contributed by atoms with E-state index in [0.717, 1.165) is 67.8 Å². The molecule has 0 N–H and O–H groups in total. The molecule has 0 atom stereocenters. The van der Waals surface area contributed by atoms with E-state index < -0.39 is 0 Å². The number of rotatable bonds is 0. The maximum absolute atomic E-state index is 4.54. The van der Waals surface area contributed by atoms with Gasteiger partial charge < -0.3 is 0 Å². The molecule has 0 radical (unpaired) electrons. The highest BCUT2D eigenvalue weighted by Crippen LogP contribution is 2.25. The molecular weight excluding hydrogens is 949 g/mol. The van der Waals surface area contributed by atoms with Crippen LogP contribution in [0, 0.1) is 125 Å². The maximum atomic E-state index is 4.54. The molecule has 0 unspecified atom stereocenters. The summed E-state index contributed by atoms with van der Waals surface area (Å²) >= 11 is 0. The van der Waals surface area contributed by atoms with Crippen LogP contribution in [0.3, 0.4) is 0 Å². The van der Waals surface area contributed by atoms with Gasteiger partial charge in [0.15, 0.2) is 0 Å². The van der Waals surface area contributed by atoms with E-state index in [2.05, 4.69) is 259 Å². The summed E-state index contributed by atoms with van der Waals surface area (Å²) in [6, 6.07) is 51.0. The average Bonchev–Trinajstić information content (AvgIpc) is 3.37. The predicted octanol–water partition coefficient (Wildman–Crippen LogP) is 19.0. The minimum atomic E-state index is 1.09. The molecule has 0 amide bonds. The number of benzene rings is 6. The van der Waals surface area contributed by atoms with Crippen LogP contribution in [0.2, 0.25) is 0 Å². The van der Waals surface area contributed by atoms with Gasteiger partial charge in [0.05, 0.1) is 16.6 Å². The second kappa shape index (κ2) is 25.3. The molecule has 0 aliphatic rings. The third kappa shape index (κ3) is 14.2. The predicted molar refractivity (Wildman–Crippen MR) is 336 cm³/mol. The minimum absolute atomic E-state index is 1.09. The Labute approximate surface area is 464 Å². The fraction of sp³-hybridized carbons (Fsp3) is 0.250. The molecule has 78 heavy (non-hydrogen) atoms. The molecule has 6 aromatic carbocycles. The fourth-order valence-corrected chi connectivity index (χ4v) is 10.6. The van der Waals surface area contributed by atoms with E-state index in [1.165, 1.54) is 98.5 Å². The zero-order chi connectivity index (χ0) is 56.5. The first-order valence-electron chi connectivity index (χ1n) is 27.1. The van der Waals surface area contributed by atoms with E-state index >= 15 is 0 Å². The molecule has 0 saturated heterocycles. The van der Waals surface area contributed by atoms with Gasteiger partial charge in [-0.05, 0) is 234 Å². The van der Waals surface area contributed by atoms with E-state index in [1.54, 1.807) is 0 Å². The van der Waals surface area contributed by atoms with E-state index in [1.807, 2.05) is 41.5 Å². The molecule has 0 fully saturated rings. The first-order valence-corrected chi connectivity index (χ1v) is 27.1. The molecule has 6 nitrogen and oxygen atoms in total. The topological polar surface area (TPSA) is 77.3 Å². The highest BCUT2D eigenvalue weighted by molar-refractivity contribution is 5.90. The van der Waals surface area contributed by atoms with Crippen molar-refractivity contribution in [2.75, 3.05) is 0 Å². The highest BCUT2D eigenvalue weighted by Gasteiger charge is 2.06. The summed E-state index contributed by atoms with van der Waals surface area (Å²) in [5, 5.41) is 11.6. The lowest BCUT2D eigenvalue weighted by Crippen LogP contribution is -1.89. The molecule has 12 rings (SSSR count). The number of fused-ring (bicyclic) bond motifs is 6. The smallest absolute Gasteiger partial charge is 0.0736 e. The van der Waals surface area contributed by atoms with Crippen molar-refractivity contribution in [2.24, 2.45) is 0 Å². The SMILES string of the molecule is Cc1cc(C)c2c(C)cccc2n1.Cc1cc(C)c2cccc(C)c2n1.Cc1cc2c(C)cccc2c(C)n1.Cc1cc2cccc(C)c2c(C)n1.Cc1ccc2c(C)cc(C)nc2c1.Cc1ccc2c(C)nc(C)cc2c1. The molecule has 6 heterocycles. The van der Waals surface area contributed by atoms with Crippen LogP contribution >= 0.6 is 0 Å². The van der Waals surface area contributed by atoms with Crippen molar-refractivity contribution >= 4 is 65.0 Å². The van der Waals surface area contributed by atoms with Crippen LogP contribution in [0.25, 0.3) is 65.0 Å². The Balaban J connectivity index is 0.000000136. The Kier molecular flexibility index (Phi) is 18.6. The van der Waals surface area contributed by atoms with Crippen LogP contribution in [0.15, 0.2) is 146 Å². The van der Waals surface area contributed by atoms with Gasteiger partial charge in [-0.15, -0.1) is 0 Å². The van der Waals surface area contributed by atoms with Crippen LogP contribution in [0.4, 0.5) is 0 Å². The van der Waals surface area contributed by atoms with E-state index in [0.29, 0.717) is 0 Å². The molecule has 0 aliphatic carbocycles. The monoisotopic (exact) mass is 1030 g/mol. The third-order valence-electron chi connectivity index (χ3n) is 14.1. The van der Waals surface area contributed by atoms with Gasteiger partial charge in [0, 0.05) is 83.6 Å². The van der Waals surface area contributed by atoms with E-state index in [-0.39, 0.29) is 0 Å². The van der Waals surface area contributed by atoms with Crippen LogP contribution in [0.5, 0.6) is 0 Å². The average molecular weight is 1030 g/mol. The van der Waals surface area contributed by atoms with Crippen LogP contribution in [-0.2, 0) is 0 Å². The second-order valence-electron chi connectivity index (χ2n) is 21.3. The van der Waals surface area contributed by atoms with Gasteiger partial charge in [0.25, 0.3) is 0 Å². The molecule has 396 valence electrons. The molecule has 0 aliphatic heterocycles. The Morgan fingerprint density at radius 2 is 0.692 bits per heavy atom. The number of aryl methyl sites for hydroxylation is 18. The van der Waals surface area contributed by atoms with E-state index in [9.17, 15) is 0 Å². The van der Waals surface area contributed by atoms with Gasteiger partial charge in [-0.25, -0.2) is 0 Å². The number of hydrogen-bond donors (Lipinski definition) is 0. The summed E-state index contributed by atoms with van der Waals surface area (Å²) in [6.45, 7) is 37.6. The Morgan fingerprint density at radius 3 is 1.37 bits per heavy atom. The quantitative estimate of drug-likeness (QED) is 0.151. The number of hydrogen-bond acceptors (Lipinski definition) is 6. The molecule has 0 saturated carbocycles. The van der Waals surface area contributed by atoms with Gasteiger partial charge in [-0.3, -0.25) is 29.9 Å². The third-order valence-corrected chi connectivity index (χ3v) is 14.1. The van der Waals surface area contributed by atoms with Crippen molar-refractivity contribution in [3.63, 3.8) is 0 Å². The van der Waals surface area contributed by atoms with Crippen molar-refractivity contribution in [3.8, 4) is 0 Å². The van der Waals surface area contributed by atoms with E-state index in [4.69, 9.17) is 0 Å². The lowest BCUT2D eigenvalue weighted by Gasteiger charge is -2.05. The number of pyridine rings is 6. The minimum Gasteiger partial charge on any atom is -0.258 e. The number of para-hydroxylation sites is 1. The summed E-state index contributed by atoms with van der Waals surface area (Å²) in [5.74, 6) is 0. The summed E-state index contributed by atoms with van der Waals surface area (Å²) in [5.41, 5.74) is 25.0. The van der Waals surface area contributed by atoms with Crippen molar-refractivity contribution in [3.05, 3.63) is 247 Å². The van der Waals surface area contributed by atoms with Gasteiger partial charge >= 0.3 is 0 Å². The summed E-state index contributed by atoms with van der Waals surface area (Å²) < 4.78 is 0. The standard InChI is InChI=1S/6C12H13N/c1-8-4-5-12-10(3)13-9(2)7-11(12)6-8;1-8-4-5-11-9(2)7-10(3)13-12(11)6-8;1-8-5-4-6-11-10(3)13-9(2)7-12(8)11;1-8-5-4-6-11-7-9(2)13-10(3)12(8)11;1-8-5-4-6-11-12(8)9(2)7-10(3)13-11;1-8-5-4-6-11-9(2)7-10(3)13-12(8)11/h6*4-7H,1-3H3. The normalized spacial score (nSPS) is 10.7. The molecule has 6 heteroatoms. The second-order valence-corrected chi connectivity index (χ2v) is 21.3. The largest absolute Gasteiger partial charge is 0.258 e. The number of nitrogens with zero attached hydrogens (tertiary/aromatic N) is 6. The molecule has 12 aromatic rings. The maximum Gasteiger partial charge on any atom is 0.0736 e. The van der Waals surface area contributed by atoms with Crippen LogP contribution in [-0.4, -0.2) is 29.9 Å². The van der Waals surface area contributed by atoms with Gasteiger partial charge in [0.1, 0.15) is 0 Å². The van der Waals surface area contributed by atoms with Crippen LogP contribution in [0.1, 0.15) is 101 Å². The van der Waals surface area contributed by atoms with Crippen molar-refractivity contribution in [1.29, 1.82) is 0 Å². The highest BCUT2D eigenvalue weighted by atomic mass is 14.7. The zero-order valence-corrected chi connectivity index (χ0v) is 49.5. The Bertz CT molecular complexity index is 3830. The summed E-state index contributed by atoms with van der Waals surface area (Å²) in [6.07, 6.45) is 0. The number of aromatic nitrogens is 6. The Hall–Kier alpha value is -8.22. The van der Waals surface area contributed by atoms with Gasteiger partial charge in [-0.2, -0.15) is 0 Å². The first-order chi connectivity index (χ1) is 37.1. The van der Waals surface area contributed by atoms with Crippen molar-refractivity contribution in [1.82, 2.24) is 29.9 Å². The van der Waals surface area contributed by atoms with Gasteiger partial charge in [-0.1, -0.05) is 103 Å². The lowest BCUT2D eigenvalue weighted by molar-refractivity contribution is 1.15. The summed E-state index contributed by atoms with van der Waals surface area (Å²) in [7, 11) is 0. The lowest BCUT2D eigenvalue weighted by atomic mass is 10.0. The molecule has 0 spiro atoms. The molecule has 0 bridgehead atoms. The molecular formula is C72H78N6. The Morgan fingerprint density at radius 1 is 0.231 bits per heavy atom. The first kappa shape index (κ1) is 57.5. The van der Waals surface area contributed by atoms with Crippen molar-refractivity contribution < 1.29 is 0 Å². The van der Waals surface area contributed by atoms with Crippen molar-refractivity contribution in [2.45, 2.75) is 125 Å². The molecule has 6 aromatic heterocycles. The zero-order valence-electron chi connectivity index (χ0n) is 49.5. The fourth-order valence-electron chi connectivity index (χ4n) is 10.6. The van der Waals surface area contributed by atoms with Gasteiger partial charge in [0.2, 0.25) is 0 Å². The summed E-state index contributed by atoms with van der Waals surface area (Å²) in [4.78, 5) is 26.9.